The molecule has 0 saturated carbocycles. The van der Waals surface area contributed by atoms with Gasteiger partial charge in [0, 0.05) is 0 Å². The Hall–Kier alpha value is 1.06. The van der Waals surface area contributed by atoms with E-state index in [4.69, 9.17) is 0 Å². The first-order chi connectivity index (χ1) is 4.85. The van der Waals surface area contributed by atoms with Gasteiger partial charge >= 0.3 is 23.1 Å². The van der Waals surface area contributed by atoms with E-state index in [0.29, 0.717) is 0 Å². The van der Waals surface area contributed by atoms with Gasteiger partial charge in [0.1, 0.15) is 0 Å². The van der Waals surface area contributed by atoms with Crippen LogP contribution in [0.15, 0.2) is 0 Å². The van der Waals surface area contributed by atoms with Crippen LogP contribution in [-0.4, -0.2) is 23.1 Å². The number of hydrogen-bond acceptors (Lipinski definition) is 0. The minimum atomic E-state index is 0. The molecule has 12 heavy (non-hydrogen) atoms. The van der Waals surface area contributed by atoms with Gasteiger partial charge in [-0.2, -0.15) is 6.42 Å². The maximum absolute atomic E-state index is 3.83. The monoisotopic (exact) mass is 200 g/mol. The molecule has 0 N–H and O–H groups in total. The van der Waals surface area contributed by atoms with Crippen molar-refractivity contribution >= 4 is 23.1 Å². The van der Waals surface area contributed by atoms with Crippen LogP contribution in [0.2, 0.25) is 0 Å². The van der Waals surface area contributed by atoms with Crippen molar-refractivity contribution in [1.29, 1.82) is 0 Å². The van der Waals surface area contributed by atoms with Crippen LogP contribution >= 0.6 is 0 Å². The first-order valence-electron chi connectivity index (χ1n) is 4.64. The predicted octanol–water partition coefficient (Wildman–Crippen LogP) is 0.440. The quantitative estimate of drug-likeness (QED) is 0.332. The van der Waals surface area contributed by atoms with Crippen LogP contribution in [0.4, 0.5) is 0 Å². The Labute approximate surface area is 100 Å². The molecule has 0 aliphatic rings. The Balaban J connectivity index is -0.000000405. The maximum Gasteiger partial charge on any atom is 2.00 e. The molecule has 0 aromatic heterocycles. The van der Waals surface area contributed by atoms with Crippen LogP contribution in [0.3, 0.4) is 0 Å². The molecule has 0 heterocycles. The number of rotatable bonds is 6. The summed E-state index contributed by atoms with van der Waals surface area (Å²) >= 11 is 0. The van der Waals surface area contributed by atoms with E-state index in [9.17, 15) is 0 Å². The zero-order valence-electron chi connectivity index (χ0n) is 8.61. The third-order valence-corrected chi connectivity index (χ3v) is 2.27. The van der Waals surface area contributed by atoms with E-state index in [-0.39, 0.29) is 35.5 Å². The fourth-order valence-electron chi connectivity index (χ4n) is 1.31. The molecule has 0 atom stereocenters. The summed E-state index contributed by atoms with van der Waals surface area (Å²) < 4.78 is 0. The van der Waals surface area contributed by atoms with Gasteiger partial charge in [-0.1, -0.05) is 46.0 Å². The standard InChI is InChI=1S/C10H21.ClH.Mg/c1-4-7-8-9-10(5-2)6-3;;/h10H,1,4-9H2,2-3H3;1H;/q-1;;+2/p-1. The van der Waals surface area contributed by atoms with Gasteiger partial charge in [-0.25, -0.2) is 0 Å². The summed E-state index contributed by atoms with van der Waals surface area (Å²) in [5, 5.41) is 0. The maximum atomic E-state index is 3.83. The van der Waals surface area contributed by atoms with Crippen molar-refractivity contribution in [3.63, 3.8) is 0 Å². The second-order valence-electron chi connectivity index (χ2n) is 3.03. The average Bonchev–Trinajstić information content (AvgIpc) is 1.99. The van der Waals surface area contributed by atoms with E-state index >= 15 is 0 Å². The van der Waals surface area contributed by atoms with Gasteiger partial charge in [0.05, 0.1) is 0 Å². The molecule has 0 fully saturated rings. The van der Waals surface area contributed by atoms with Crippen molar-refractivity contribution in [2.24, 2.45) is 5.92 Å². The summed E-state index contributed by atoms with van der Waals surface area (Å²) in [5.41, 5.74) is 0. The molecule has 0 spiro atoms. The van der Waals surface area contributed by atoms with Crippen molar-refractivity contribution in [3.05, 3.63) is 6.92 Å². The van der Waals surface area contributed by atoms with Gasteiger partial charge in [0.25, 0.3) is 0 Å². The molecule has 0 nitrogen and oxygen atoms in total. The largest absolute Gasteiger partial charge is 2.00 e. The van der Waals surface area contributed by atoms with Crippen molar-refractivity contribution in [2.75, 3.05) is 0 Å². The topological polar surface area (TPSA) is 0 Å². The van der Waals surface area contributed by atoms with Crippen LogP contribution in [0.1, 0.15) is 52.4 Å². The van der Waals surface area contributed by atoms with Gasteiger partial charge < -0.3 is 19.3 Å². The Morgan fingerprint density at radius 3 is 1.92 bits per heavy atom. The van der Waals surface area contributed by atoms with Gasteiger partial charge in [-0.3, -0.25) is 0 Å². The minimum absolute atomic E-state index is 0. The van der Waals surface area contributed by atoms with E-state index in [1.807, 2.05) is 0 Å². The zero-order chi connectivity index (χ0) is 7.82. The van der Waals surface area contributed by atoms with Gasteiger partial charge in [0.15, 0.2) is 0 Å². The number of halogens is 1. The summed E-state index contributed by atoms with van der Waals surface area (Å²) in [7, 11) is 0. The molecular formula is C10H21ClMg. The third kappa shape index (κ3) is 11.1. The first kappa shape index (κ1) is 18.8. The van der Waals surface area contributed by atoms with Crippen LogP contribution < -0.4 is 12.4 Å². The molecule has 0 aromatic carbocycles. The molecule has 2 heteroatoms. The Kier molecular flexibility index (Phi) is 22.8. The van der Waals surface area contributed by atoms with E-state index < -0.39 is 0 Å². The second-order valence-corrected chi connectivity index (χ2v) is 3.03. The van der Waals surface area contributed by atoms with Crippen molar-refractivity contribution in [2.45, 2.75) is 52.4 Å². The molecule has 70 valence electrons. The predicted molar refractivity (Wildman–Crippen MR) is 53.7 cm³/mol. The minimum Gasteiger partial charge on any atom is -1.00 e. The summed E-state index contributed by atoms with van der Waals surface area (Å²) in [6, 6.07) is 0. The van der Waals surface area contributed by atoms with Crippen molar-refractivity contribution in [1.82, 2.24) is 0 Å². The van der Waals surface area contributed by atoms with Crippen LogP contribution in [-0.2, 0) is 0 Å². The van der Waals surface area contributed by atoms with E-state index in [1.165, 1.54) is 32.1 Å². The van der Waals surface area contributed by atoms with Gasteiger partial charge in [-0.15, -0.1) is 0 Å². The van der Waals surface area contributed by atoms with Crippen molar-refractivity contribution < 1.29 is 12.4 Å². The molecule has 0 saturated heterocycles. The molecule has 0 aliphatic carbocycles. The fraction of sp³-hybridized carbons (Fsp3) is 0.900. The zero-order valence-corrected chi connectivity index (χ0v) is 10.8. The molecular weight excluding hydrogens is 180 g/mol. The van der Waals surface area contributed by atoms with Gasteiger partial charge in [0.2, 0.25) is 0 Å². The first-order valence-corrected chi connectivity index (χ1v) is 4.64. The normalized spacial score (nSPS) is 9.00. The molecule has 0 unspecified atom stereocenters. The Morgan fingerprint density at radius 2 is 1.58 bits per heavy atom. The van der Waals surface area contributed by atoms with Crippen molar-refractivity contribution in [3.8, 4) is 0 Å². The van der Waals surface area contributed by atoms with Crippen LogP contribution in [0.5, 0.6) is 0 Å². The third-order valence-electron chi connectivity index (χ3n) is 2.27. The smallest absolute Gasteiger partial charge is 1.00 e. The van der Waals surface area contributed by atoms with E-state index in [2.05, 4.69) is 20.8 Å². The SMILES string of the molecule is [CH2-]CCCCC(CC)CC.[Cl-].[Mg+2]. The van der Waals surface area contributed by atoms with Crippen LogP contribution in [0.25, 0.3) is 0 Å². The summed E-state index contributed by atoms with van der Waals surface area (Å²) in [6.07, 6.45) is 7.94. The fourth-order valence-corrected chi connectivity index (χ4v) is 1.31. The Bertz CT molecular complexity index is 62.9. The molecule has 0 radical (unpaired) electrons. The molecule has 0 bridgehead atoms. The molecule has 0 aliphatic heterocycles. The van der Waals surface area contributed by atoms with E-state index in [0.717, 1.165) is 12.3 Å². The van der Waals surface area contributed by atoms with Gasteiger partial charge in [-0.05, 0) is 5.92 Å². The molecule has 0 amide bonds. The number of hydrogen-bond donors (Lipinski definition) is 0. The molecule has 0 aromatic rings. The second kappa shape index (κ2) is 14.6. The number of unbranched alkanes of at least 4 members (excludes halogenated alkanes) is 2. The Morgan fingerprint density at radius 1 is 1.08 bits per heavy atom. The average molecular weight is 201 g/mol. The van der Waals surface area contributed by atoms with E-state index in [1.54, 1.807) is 0 Å². The summed E-state index contributed by atoms with van der Waals surface area (Å²) in [5.74, 6) is 0.978. The summed E-state index contributed by atoms with van der Waals surface area (Å²) in [6.45, 7) is 8.41. The van der Waals surface area contributed by atoms with Crippen LogP contribution in [0, 0.1) is 12.8 Å². The summed E-state index contributed by atoms with van der Waals surface area (Å²) in [4.78, 5) is 0. The molecule has 0 rings (SSSR count).